The highest BCUT2D eigenvalue weighted by Gasteiger charge is 2.74. The molecule has 2 unspecified atom stereocenters. The molecule has 7 rings (SSSR count). The Morgan fingerprint density at radius 3 is 2.58 bits per heavy atom. The number of hydrogen-bond acceptors (Lipinski definition) is 7. The SMILES string of the molecule is CN(C(=O)CCc1ccc(C(F)(F)F)cc1)C1CC[C@@]2(O)[C@H]3Cc4c([N+](=O)[O-])cc(O)c5c4[C@@]2(CCN3CC2CC2)C1O5. The molecule has 9 nitrogen and oxygen atoms in total. The van der Waals surface area contributed by atoms with Gasteiger partial charge < -0.3 is 19.8 Å². The summed E-state index contributed by atoms with van der Waals surface area (Å²) in [6.45, 7) is 1.50. The van der Waals surface area contributed by atoms with Crippen LogP contribution in [0.2, 0.25) is 0 Å². The highest BCUT2D eigenvalue weighted by atomic mass is 19.4. The monoisotopic (exact) mass is 601 g/mol. The van der Waals surface area contributed by atoms with E-state index in [2.05, 4.69) is 4.90 Å². The minimum Gasteiger partial charge on any atom is -0.504 e. The minimum absolute atomic E-state index is 0.0645. The van der Waals surface area contributed by atoms with Gasteiger partial charge in [-0.1, -0.05) is 12.1 Å². The number of phenols is 1. The van der Waals surface area contributed by atoms with E-state index in [1.54, 1.807) is 11.9 Å². The summed E-state index contributed by atoms with van der Waals surface area (Å²) in [6.07, 6.45) is -1.01. The Hall–Kier alpha value is -3.38. The zero-order chi connectivity index (χ0) is 30.5. The molecule has 3 fully saturated rings. The van der Waals surface area contributed by atoms with Gasteiger partial charge in [0.1, 0.15) is 6.10 Å². The molecule has 43 heavy (non-hydrogen) atoms. The van der Waals surface area contributed by atoms with Crippen molar-refractivity contribution in [1.29, 1.82) is 0 Å². The first-order chi connectivity index (χ1) is 20.3. The highest BCUT2D eigenvalue weighted by Crippen LogP contribution is 2.67. The van der Waals surface area contributed by atoms with E-state index >= 15 is 0 Å². The van der Waals surface area contributed by atoms with Gasteiger partial charge in [-0.25, -0.2) is 0 Å². The van der Waals surface area contributed by atoms with E-state index in [-0.39, 0.29) is 48.4 Å². The molecule has 2 heterocycles. The van der Waals surface area contributed by atoms with Crippen molar-refractivity contribution in [2.24, 2.45) is 5.92 Å². The largest absolute Gasteiger partial charge is 0.504 e. The van der Waals surface area contributed by atoms with Crippen LogP contribution in [0.25, 0.3) is 0 Å². The van der Waals surface area contributed by atoms with Crippen molar-refractivity contribution in [2.45, 2.75) is 86.7 Å². The van der Waals surface area contributed by atoms with Crippen LogP contribution in [0.5, 0.6) is 11.5 Å². The van der Waals surface area contributed by atoms with Gasteiger partial charge in [0.2, 0.25) is 5.91 Å². The van der Waals surface area contributed by atoms with Crippen molar-refractivity contribution in [3.63, 3.8) is 0 Å². The number of ether oxygens (including phenoxy) is 1. The third kappa shape index (κ3) is 4.16. The quantitative estimate of drug-likeness (QED) is 0.358. The summed E-state index contributed by atoms with van der Waals surface area (Å²) < 4.78 is 45.3. The van der Waals surface area contributed by atoms with Crippen molar-refractivity contribution in [2.75, 3.05) is 20.1 Å². The maximum Gasteiger partial charge on any atom is 0.416 e. The Morgan fingerprint density at radius 2 is 1.93 bits per heavy atom. The number of aryl methyl sites for hydroxylation is 1. The Morgan fingerprint density at radius 1 is 1.21 bits per heavy atom. The second-order valence-electron chi connectivity index (χ2n) is 13.0. The molecule has 12 heteroatoms. The fourth-order valence-corrected chi connectivity index (χ4v) is 8.56. The molecule has 2 aliphatic heterocycles. The van der Waals surface area contributed by atoms with Gasteiger partial charge in [-0.2, -0.15) is 13.2 Å². The van der Waals surface area contributed by atoms with Crippen LogP contribution in [0.1, 0.15) is 60.8 Å². The average molecular weight is 602 g/mol. The number of carbonyl (C=O) groups is 1. The van der Waals surface area contributed by atoms with Crippen molar-refractivity contribution in [3.8, 4) is 11.5 Å². The highest BCUT2D eigenvalue weighted by molar-refractivity contribution is 5.77. The number of hydrogen-bond donors (Lipinski definition) is 2. The molecule has 2 aromatic rings. The van der Waals surface area contributed by atoms with E-state index in [1.165, 1.54) is 12.1 Å². The Balaban J connectivity index is 1.20. The van der Waals surface area contributed by atoms with Gasteiger partial charge in [-0.3, -0.25) is 19.8 Å². The number of nitro benzene ring substituents is 1. The number of rotatable bonds is 7. The fraction of sp³-hybridized carbons (Fsp3) is 0.581. The summed E-state index contributed by atoms with van der Waals surface area (Å²) in [6, 6.07) is 5.08. The second-order valence-corrected chi connectivity index (χ2v) is 13.0. The number of carbonyl (C=O) groups excluding carboxylic acids is 1. The number of benzene rings is 2. The number of halogens is 3. The lowest BCUT2D eigenvalue weighted by atomic mass is 9.48. The third-order valence-electron chi connectivity index (χ3n) is 10.8. The van der Waals surface area contributed by atoms with Crippen LogP contribution in [-0.2, 0) is 29.2 Å². The summed E-state index contributed by atoms with van der Waals surface area (Å²) in [5, 5.41) is 35.8. The number of alkyl halides is 3. The topological polar surface area (TPSA) is 116 Å². The van der Waals surface area contributed by atoms with Gasteiger partial charge in [0.15, 0.2) is 11.5 Å². The molecule has 230 valence electrons. The average Bonchev–Trinajstić information content (AvgIpc) is 3.70. The van der Waals surface area contributed by atoms with E-state index in [4.69, 9.17) is 4.74 Å². The first-order valence-corrected chi connectivity index (χ1v) is 14.9. The number of amides is 1. The van der Waals surface area contributed by atoms with E-state index in [9.17, 15) is 38.3 Å². The molecule has 2 bridgehead atoms. The van der Waals surface area contributed by atoms with Gasteiger partial charge >= 0.3 is 6.18 Å². The molecule has 0 aromatic heterocycles. The molecule has 1 spiro atoms. The maximum atomic E-state index is 13.5. The maximum absolute atomic E-state index is 13.5. The Labute approximate surface area is 246 Å². The molecular formula is C31H34F3N3O6. The van der Waals surface area contributed by atoms with Gasteiger partial charge in [-0.05, 0) is 75.1 Å². The van der Waals surface area contributed by atoms with Crippen molar-refractivity contribution >= 4 is 11.6 Å². The normalized spacial score (nSPS) is 30.9. The number of piperidine rings is 1. The second kappa shape index (κ2) is 9.56. The standard InChI is InChI=1S/C31H34F3N3O6/c1-35(25(39)9-6-17-4-7-19(8-5-17)31(32,33)34)21-10-11-30(40)24-14-20-22(37(41)42)15-23(38)27-26(20)29(30,28(21)43-27)12-13-36(24)16-18-2-3-18/h4-5,7-8,15,18,21,24,28,38,40H,2-3,6,9-14,16H2,1H3/t21?,24-,28?,29+,30-/m1/s1. The molecule has 2 N–H and O–H groups in total. The Kier molecular flexibility index (Phi) is 6.31. The number of likely N-dealkylation sites (N-methyl/N-ethyl adjacent to an activating group) is 1. The van der Waals surface area contributed by atoms with E-state index in [0.717, 1.165) is 37.6 Å². The van der Waals surface area contributed by atoms with Crippen LogP contribution in [0, 0.1) is 16.0 Å². The fourth-order valence-electron chi connectivity index (χ4n) is 8.56. The molecule has 2 aromatic carbocycles. The van der Waals surface area contributed by atoms with Crippen LogP contribution in [0.15, 0.2) is 30.3 Å². The van der Waals surface area contributed by atoms with Gasteiger partial charge in [0.05, 0.1) is 33.6 Å². The number of nitro groups is 1. The first kappa shape index (κ1) is 28.4. The molecule has 1 saturated heterocycles. The lowest BCUT2D eigenvalue weighted by Crippen LogP contribution is -2.78. The zero-order valence-electron chi connectivity index (χ0n) is 23.8. The molecule has 3 aliphatic carbocycles. The van der Waals surface area contributed by atoms with Crippen molar-refractivity contribution in [1.82, 2.24) is 9.80 Å². The van der Waals surface area contributed by atoms with E-state index < -0.39 is 39.8 Å². The summed E-state index contributed by atoms with van der Waals surface area (Å²) >= 11 is 0. The summed E-state index contributed by atoms with van der Waals surface area (Å²) in [5.41, 5.74) is -1.60. The van der Waals surface area contributed by atoms with E-state index in [1.807, 2.05) is 0 Å². The smallest absolute Gasteiger partial charge is 0.416 e. The van der Waals surface area contributed by atoms with Crippen LogP contribution in [-0.4, -0.2) is 74.8 Å². The number of phenolic OH excluding ortho intramolecular Hbond substituents is 1. The molecule has 1 amide bonds. The van der Waals surface area contributed by atoms with Gasteiger partial charge in [-0.15, -0.1) is 0 Å². The van der Waals surface area contributed by atoms with Gasteiger partial charge in [0, 0.05) is 37.2 Å². The molecule has 5 atom stereocenters. The number of aliphatic hydroxyl groups is 1. The number of aromatic hydroxyl groups is 1. The lowest BCUT2D eigenvalue weighted by molar-refractivity contribution is -0.386. The van der Waals surface area contributed by atoms with Crippen LogP contribution < -0.4 is 4.74 Å². The lowest BCUT2D eigenvalue weighted by Gasteiger charge is -2.64. The van der Waals surface area contributed by atoms with Crippen LogP contribution in [0.3, 0.4) is 0 Å². The summed E-state index contributed by atoms with van der Waals surface area (Å²) in [5.74, 6) is 0.158. The first-order valence-electron chi connectivity index (χ1n) is 14.9. The predicted octanol–water partition coefficient (Wildman–Crippen LogP) is 4.34. The Bertz CT molecular complexity index is 1500. The summed E-state index contributed by atoms with van der Waals surface area (Å²) in [4.78, 5) is 29.1. The molecule has 0 radical (unpaired) electrons. The van der Waals surface area contributed by atoms with Crippen LogP contribution >= 0.6 is 0 Å². The van der Waals surface area contributed by atoms with Gasteiger partial charge in [0.25, 0.3) is 5.69 Å². The number of nitrogens with zero attached hydrogens (tertiary/aromatic N) is 3. The zero-order valence-corrected chi connectivity index (χ0v) is 23.8. The summed E-state index contributed by atoms with van der Waals surface area (Å²) in [7, 11) is 1.67. The van der Waals surface area contributed by atoms with Crippen LogP contribution in [0.4, 0.5) is 18.9 Å². The van der Waals surface area contributed by atoms with E-state index in [0.29, 0.717) is 48.4 Å². The third-order valence-corrected chi connectivity index (χ3v) is 10.8. The molecule has 2 saturated carbocycles. The molecule has 5 aliphatic rings. The number of likely N-dealkylation sites (tertiary alicyclic amines) is 1. The minimum atomic E-state index is -4.43. The van der Waals surface area contributed by atoms with Crippen molar-refractivity contribution < 1.29 is 37.8 Å². The predicted molar refractivity (Wildman–Crippen MR) is 148 cm³/mol. The van der Waals surface area contributed by atoms with Crippen molar-refractivity contribution in [3.05, 3.63) is 62.7 Å². The molecular weight excluding hydrogens is 567 g/mol.